The van der Waals surface area contributed by atoms with Crippen molar-refractivity contribution >= 4 is 21.9 Å². The molecule has 15 heavy (non-hydrogen) atoms. The highest BCUT2D eigenvalue weighted by atomic mass is 79.9. The van der Waals surface area contributed by atoms with Gasteiger partial charge in [-0.3, -0.25) is 0 Å². The summed E-state index contributed by atoms with van der Waals surface area (Å²) in [5, 5.41) is 0. The van der Waals surface area contributed by atoms with Gasteiger partial charge in [-0.15, -0.1) is 0 Å². The van der Waals surface area contributed by atoms with Crippen LogP contribution in [-0.4, -0.2) is 26.8 Å². The Morgan fingerprint density at radius 2 is 1.93 bits per heavy atom. The lowest BCUT2D eigenvalue weighted by Crippen LogP contribution is -2.12. The Bertz CT molecular complexity index is 351. The van der Waals surface area contributed by atoms with E-state index in [1.165, 1.54) is 7.11 Å². The zero-order valence-corrected chi connectivity index (χ0v) is 10.0. The van der Waals surface area contributed by atoms with E-state index >= 15 is 0 Å². The lowest BCUT2D eigenvalue weighted by Gasteiger charge is -2.07. The van der Waals surface area contributed by atoms with E-state index in [9.17, 15) is 4.79 Å². The average molecular weight is 275 g/mol. The summed E-state index contributed by atoms with van der Waals surface area (Å²) in [5.41, 5.74) is 0. The fraction of sp³-hybridized carbons (Fsp3) is 0.300. The van der Waals surface area contributed by atoms with Crippen LogP contribution in [0.3, 0.4) is 0 Å². The molecule has 0 amide bonds. The van der Waals surface area contributed by atoms with Gasteiger partial charge in [0.2, 0.25) is 0 Å². The van der Waals surface area contributed by atoms with E-state index in [1.807, 2.05) is 0 Å². The standard InChI is InChI=1S/C10H11BrO4/c1-13-8-3-7(11)4-9(5-8)15-6-10(12)14-2/h3-5H,6H2,1-2H3. The van der Waals surface area contributed by atoms with Crippen LogP contribution in [-0.2, 0) is 9.53 Å². The van der Waals surface area contributed by atoms with E-state index in [1.54, 1.807) is 25.3 Å². The van der Waals surface area contributed by atoms with Crippen molar-refractivity contribution in [1.82, 2.24) is 0 Å². The third-order valence-electron chi connectivity index (χ3n) is 1.66. The lowest BCUT2D eigenvalue weighted by molar-refractivity contribution is -0.142. The molecule has 0 atom stereocenters. The minimum absolute atomic E-state index is 0.115. The van der Waals surface area contributed by atoms with Crippen LogP contribution in [0.4, 0.5) is 0 Å². The Morgan fingerprint density at radius 3 is 2.53 bits per heavy atom. The highest BCUT2D eigenvalue weighted by molar-refractivity contribution is 9.10. The predicted molar refractivity (Wildman–Crippen MR) is 58.2 cm³/mol. The van der Waals surface area contributed by atoms with Crippen LogP contribution < -0.4 is 9.47 Å². The zero-order chi connectivity index (χ0) is 11.3. The van der Waals surface area contributed by atoms with Gasteiger partial charge in [0.05, 0.1) is 14.2 Å². The molecule has 82 valence electrons. The van der Waals surface area contributed by atoms with Crippen LogP contribution in [0.15, 0.2) is 22.7 Å². The summed E-state index contributed by atoms with van der Waals surface area (Å²) >= 11 is 3.30. The third-order valence-corrected chi connectivity index (χ3v) is 2.12. The van der Waals surface area contributed by atoms with Crippen molar-refractivity contribution in [1.29, 1.82) is 0 Å². The number of carbonyl (C=O) groups excluding carboxylic acids is 1. The number of rotatable bonds is 4. The highest BCUT2D eigenvalue weighted by Crippen LogP contribution is 2.25. The monoisotopic (exact) mass is 274 g/mol. The maximum absolute atomic E-state index is 10.8. The second-order valence-electron chi connectivity index (χ2n) is 2.69. The van der Waals surface area contributed by atoms with Gasteiger partial charge in [0.25, 0.3) is 0 Å². The molecular weight excluding hydrogens is 264 g/mol. The maximum atomic E-state index is 10.8. The first-order valence-electron chi connectivity index (χ1n) is 4.20. The summed E-state index contributed by atoms with van der Waals surface area (Å²) in [6, 6.07) is 5.23. The molecule has 0 saturated heterocycles. The summed E-state index contributed by atoms with van der Waals surface area (Å²) in [5.74, 6) is 0.782. The number of esters is 1. The smallest absolute Gasteiger partial charge is 0.343 e. The Hall–Kier alpha value is -1.23. The molecule has 1 aromatic carbocycles. The summed E-state index contributed by atoms with van der Waals surface area (Å²) in [6.45, 7) is -0.115. The van der Waals surface area contributed by atoms with E-state index in [0.29, 0.717) is 11.5 Å². The van der Waals surface area contributed by atoms with Crippen molar-refractivity contribution in [3.63, 3.8) is 0 Å². The van der Waals surface area contributed by atoms with E-state index in [0.717, 1.165) is 4.47 Å². The molecule has 0 fully saturated rings. The number of benzene rings is 1. The first kappa shape index (κ1) is 11.8. The number of ether oxygens (including phenoxy) is 3. The fourth-order valence-electron chi connectivity index (χ4n) is 0.939. The summed E-state index contributed by atoms with van der Waals surface area (Å²) in [4.78, 5) is 10.8. The van der Waals surface area contributed by atoms with Crippen molar-refractivity contribution in [2.24, 2.45) is 0 Å². The molecule has 1 aromatic rings. The van der Waals surface area contributed by atoms with Crippen molar-refractivity contribution in [2.75, 3.05) is 20.8 Å². The van der Waals surface area contributed by atoms with Crippen molar-refractivity contribution in [3.05, 3.63) is 22.7 Å². The van der Waals surface area contributed by atoms with Crippen LogP contribution in [0, 0.1) is 0 Å². The first-order valence-corrected chi connectivity index (χ1v) is 4.99. The minimum atomic E-state index is -0.422. The number of carbonyl (C=O) groups is 1. The van der Waals surface area contributed by atoms with Gasteiger partial charge >= 0.3 is 5.97 Å². The van der Waals surface area contributed by atoms with Gasteiger partial charge < -0.3 is 14.2 Å². The summed E-state index contributed by atoms with van der Waals surface area (Å²) < 4.78 is 15.5. The van der Waals surface area contributed by atoms with E-state index in [-0.39, 0.29) is 6.61 Å². The molecule has 0 aromatic heterocycles. The summed E-state index contributed by atoms with van der Waals surface area (Å²) in [7, 11) is 2.87. The Labute approximate surface area is 96.3 Å². The topological polar surface area (TPSA) is 44.8 Å². The Kier molecular flexibility index (Phi) is 4.42. The molecule has 0 unspecified atom stereocenters. The number of halogens is 1. The molecule has 0 aliphatic carbocycles. The van der Waals surface area contributed by atoms with E-state index < -0.39 is 5.97 Å². The van der Waals surface area contributed by atoms with Crippen molar-refractivity contribution in [2.45, 2.75) is 0 Å². The van der Waals surface area contributed by atoms with Crippen LogP contribution in [0.25, 0.3) is 0 Å². The predicted octanol–water partition coefficient (Wildman–Crippen LogP) is 2.01. The molecule has 1 rings (SSSR count). The molecule has 0 aliphatic heterocycles. The molecule has 0 N–H and O–H groups in total. The van der Waals surface area contributed by atoms with Crippen LogP contribution in [0.2, 0.25) is 0 Å². The van der Waals surface area contributed by atoms with Gasteiger partial charge in [-0.2, -0.15) is 0 Å². The van der Waals surface area contributed by atoms with Gasteiger partial charge in [0.1, 0.15) is 11.5 Å². The Morgan fingerprint density at radius 1 is 1.27 bits per heavy atom. The largest absolute Gasteiger partial charge is 0.497 e. The van der Waals surface area contributed by atoms with Gasteiger partial charge in [0, 0.05) is 10.5 Å². The first-order chi connectivity index (χ1) is 7.15. The van der Waals surface area contributed by atoms with E-state index in [4.69, 9.17) is 9.47 Å². The van der Waals surface area contributed by atoms with Crippen molar-refractivity contribution in [3.8, 4) is 11.5 Å². The highest BCUT2D eigenvalue weighted by Gasteiger charge is 2.04. The minimum Gasteiger partial charge on any atom is -0.497 e. The molecule has 0 radical (unpaired) electrons. The Balaban J connectivity index is 2.68. The molecule has 0 spiro atoms. The quantitative estimate of drug-likeness (QED) is 0.788. The van der Waals surface area contributed by atoms with Gasteiger partial charge in [-0.1, -0.05) is 15.9 Å². The molecule has 5 heteroatoms. The van der Waals surface area contributed by atoms with Gasteiger partial charge in [0.15, 0.2) is 6.61 Å². The van der Waals surface area contributed by atoms with Gasteiger partial charge in [-0.25, -0.2) is 4.79 Å². The van der Waals surface area contributed by atoms with Crippen LogP contribution in [0.1, 0.15) is 0 Å². The lowest BCUT2D eigenvalue weighted by atomic mass is 10.3. The van der Waals surface area contributed by atoms with Gasteiger partial charge in [-0.05, 0) is 12.1 Å². The molecule has 0 bridgehead atoms. The molecule has 0 heterocycles. The molecular formula is C10H11BrO4. The second-order valence-corrected chi connectivity index (χ2v) is 3.61. The number of hydrogen-bond acceptors (Lipinski definition) is 4. The van der Waals surface area contributed by atoms with Crippen LogP contribution >= 0.6 is 15.9 Å². The van der Waals surface area contributed by atoms with Crippen molar-refractivity contribution < 1.29 is 19.0 Å². The SMILES string of the molecule is COC(=O)COc1cc(Br)cc(OC)c1. The second kappa shape index (κ2) is 5.60. The molecule has 0 saturated carbocycles. The number of hydrogen-bond donors (Lipinski definition) is 0. The molecule has 0 aliphatic rings. The third kappa shape index (κ3) is 3.79. The average Bonchev–Trinajstić information content (AvgIpc) is 2.25. The fourth-order valence-corrected chi connectivity index (χ4v) is 1.39. The molecule has 4 nitrogen and oxygen atoms in total. The van der Waals surface area contributed by atoms with Crippen LogP contribution in [0.5, 0.6) is 11.5 Å². The number of methoxy groups -OCH3 is 2. The zero-order valence-electron chi connectivity index (χ0n) is 8.45. The normalized spacial score (nSPS) is 9.53. The summed E-state index contributed by atoms with van der Waals surface area (Å²) in [6.07, 6.45) is 0. The van der Waals surface area contributed by atoms with E-state index in [2.05, 4.69) is 20.7 Å². The maximum Gasteiger partial charge on any atom is 0.343 e.